The first-order valence-corrected chi connectivity index (χ1v) is 3.83. The Morgan fingerprint density at radius 3 is 2.00 bits per heavy atom. The van der Waals surface area contributed by atoms with Crippen molar-refractivity contribution in [1.82, 2.24) is 5.43 Å². The highest BCUT2D eigenvalue weighted by Crippen LogP contribution is 2.37. The third-order valence-electron chi connectivity index (χ3n) is 2.43. The van der Waals surface area contributed by atoms with E-state index in [1.807, 2.05) is 6.92 Å². The zero-order valence-electron chi connectivity index (χ0n) is 6.66. The molecule has 0 aromatic heterocycles. The molecule has 0 saturated heterocycles. The Hall–Kier alpha value is -0.220. The van der Waals surface area contributed by atoms with Crippen LogP contribution in [0.5, 0.6) is 0 Å². The van der Waals surface area contributed by atoms with E-state index >= 15 is 0 Å². The molecule has 1 saturated carbocycles. The Labute approximate surface area is 65.1 Å². The molecule has 0 heterocycles. The van der Waals surface area contributed by atoms with Crippen LogP contribution in [0.4, 0.5) is 8.78 Å². The van der Waals surface area contributed by atoms with Gasteiger partial charge in [-0.15, -0.1) is 0 Å². The lowest BCUT2D eigenvalue weighted by Crippen LogP contribution is -2.50. The molecule has 0 aromatic rings. The minimum Gasteiger partial charge on any atom is -0.271 e. The van der Waals surface area contributed by atoms with Crippen molar-refractivity contribution in [2.45, 2.75) is 44.1 Å². The molecule has 66 valence electrons. The van der Waals surface area contributed by atoms with Gasteiger partial charge in [-0.3, -0.25) is 11.3 Å². The molecule has 0 atom stereocenters. The first-order valence-electron chi connectivity index (χ1n) is 3.83. The molecule has 0 radical (unpaired) electrons. The molecule has 0 amide bonds. The molecule has 1 rings (SSSR count). The molecule has 3 N–H and O–H groups in total. The van der Waals surface area contributed by atoms with Gasteiger partial charge in [0, 0.05) is 18.4 Å². The first-order chi connectivity index (χ1) is 4.97. The first kappa shape index (κ1) is 8.87. The molecule has 4 heteroatoms. The Bertz CT molecular complexity index is 137. The average Bonchev–Trinajstić information content (AvgIpc) is 1.97. The third-order valence-corrected chi connectivity index (χ3v) is 2.43. The summed E-state index contributed by atoms with van der Waals surface area (Å²) in [6.07, 6.45) is 0.814. The molecule has 0 spiro atoms. The van der Waals surface area contributed by atoms with Gasteiger partial charge in [-0.1, -0.05) is 0 Å². The number of nitrogens with one attached hydrogen (secondary N) is 1. The number of hydrazine groups is 1. The monoisotopic (exact) mass is 164 g/mol. The average molecular weight is 164 g/mol. The second-order valence-electron chi connectivity index (χ2n) is 3.56. The van der Waals surface area contributed by atoms with Gasteiger partial charge in [0.05, 0.1) is 0 Å². The standard InChI is InChI=1S/C7H14F2N2/c1-6(11-10)2-4-7(8,9)5-3-6/h11H,2-5,10H2,1H3. The lowest BCUT2D eigenvalue weighted by atomic mass is 9.82. The largest absolute Gasteiger partial charge is 0.271 e. The summed E-state index contributed by atoms with van der Waals surface area (Å²) in [5, 5.41) is 0. The second kappa shape index (κ2) is 2.68. The zero-order chi connectivity index (χ0) is 8.54. The Kier molecular flexibility index (Phi) is 2.16. The normalized spacial score (nSPS) is 28.4. The fraction of sp³-hybridized carbons (Fsp3) is 1.00. The maximum absolute atomic E-state index is 12.6. The van der Waals surface area contributed by atoms with E-state index in [0.717, 1.165) is 0 Å². The van der Waals surface area contributed by atoms with E-state index in [9.17, 15) is 8.78 Å². The summed E-state index contributed by atoms with van der Waals surface area (Å²) in [5.74, 6) is 2.77. The van der Waals surface area contributed by atoms with Crippen molar-refractivity contribution in [1.29, 1.82) is 0 Å². The molecule has 0 aliphatic heterocycles. The van der Waals surface area contributed by atoms with E-state index in [1.54, 1.807) is 0 Å². The van der Waals surface area contributed by atoms with E-state index in [0.29, 0.717) is 12.8 Å². The molecule has 0 aromatic carbocycles. The number of alkyl halides is 2. The van der Waals surface area contributed by atoms with Gasteiger partial charge in [0.2, 0.25) is 5.92 Å². The van der Waals surface area contributed by atoms with Gasteiger partial charge in [0.15, 0.2) is 0 Å². The van der Waals surface area contributed by atoms with Crippen molar-refractivity contribution in [3.8, 4) is 0 Å². The molecule has 0 bridgehead atoms. The predicted molar refractivity (Wildman–Crippen MR) is 39.1 cm³/mol. The van der Waals surface area contributed by atoms with Crippen molar-refractivity contribution in [3.05, 3.63) is 0 Å². The van der Waals surface area contributed by atoms with Crippen LogP contribution in [0.3, 0.4) is 0 Å². The fourth-order valence-corrected chi connectivity index (χ4v) is 1.31. The molecule has 1 fully saturated rings. The highest BCUT2D eigenvalue weighted by Gasteiger charge is 2.39. The molecule has 1 aliphatic carbocycles. The van der Waals surface area contributed by atoms with Crippen LogP contribution in [0.15, 0.2) is 0 Å². The summed E-state index contributed by atoms with van der Waals surface area (Å²) < 4.78 is 25.2. The number of hydrogen-bond donors (Lipinski definition) is 2. The van der Waals surface area contributed by atoms with Gasteiger partial charge in [-0.2, -0.15) is 0 Å². The molecule has 2 nitrogen and oxygen atoms in total. The van der Waals surface area contributed by atoms with Gasteiger partial charge in [0.1, 0.15) is 0 Å². The zero-order valence-corrected chi connectivity index (χ0v) is 6.66. The van der Waals surface area contributed by atoms with Crippen molar-refractivity contribution in [2.24, 2.45) is 5.84 Å². The van der Waals surface area contributed by atoms with Crippen LogP contribution in [0.2, 0.25) is 0 Å². The predicted octanol–water partition coefficient (Wildman–Crippen LogP) is 1.42. The summed E-state index contributed by atoms with van der Waals surface area (Å²) in [6.45, 7) is 1.88. The van der Waals surface area contributed by atoms with Crippen molar-refractivity contribution in [3.63, 3.8) is 0 Å². The smallest absolute Gasteiger partial charge is 0.248 e. The topological polar surface area (TPSA) is 38.0 Å². The Morgan fingerprint density at radius 2 is 1.64 bits per heavy atom. The van der Waals surface area contributed by atoms with E-state index < -0.39 is 5.92 Å². The number of nitrogens with two attached hydrogens (primary N) is 1. The summed E-state index contributed by atoms with van der Waals surface area (Å²) >= 11 is 0. The maximum Gasteiger partial charge on any atom is 0.248 e. The van der Waals surface area contributed by atoms with Crippen LogP contribution < -0.4 is 11.3 Å². The van der Waals surface area contributed by atoms with Crippen LogP contribution >= 0.6 is 0 Å². The molecule has 0 unspecified atom stereocenters. The van der Waals surface area contributed by atoms with Crippen LogP contribution in [-0.4, -0.2) is 11.5 Å². The fourth-order valence-electron chi connectivity index (χ4n) is 1.31. The Morgan fingerprint density at radius 1 is 1.18 bits per heavy atom. The van der Waals surface area contributed by atoms with E-state index in [-0.39, 0.29) is 18.4 Å². The summed E-state index contributed by atoms with van der Waals surface area (Å²) in [6, 6.07) is 0. The second-order valence-corrected chi connectivity index (χ2v) is 3.56. The number of rotatable bonds is 1. The van der Waals surface area contributed by atoms with Crippen LogP contribution in [0.25, 0.3) is 0 Å². The number of hydrogen-bond acceptors (Lipinski definition) is 2. The summed E-state index contributed by atoms with van der Waals surface area (Å²) in [4.78, 5) is 0. The lowest BCUT2D eigenvalue weighted by molar-refractivity contribution is -0.0532. The van der Waals surface area contributed by atoms with Crippen LogP contribution in [-0.2, 0) is 0 Å². The van der Waals surface area contributed by atoms with E-state index in [1.165, 1.54) is 0 Å². The van der Waals surface area contributed by atoms with Crippen molar-refractivity contribution < 1.29 is 8.78 Å². The van der Waals surface area contributed by atoms with E-state index in [4.69, 9.17) is 5.84 Å². The number of halogens is 2. The minimum absolute atomic E-state index is 0.0479. The van der Waals surface area contributed by atoms with Crippen LogP contribution in [0.1, 0.15) is 32.6 Å². The quantitative estimate of drug-likeness (QED) is 0.454. The van der Waals surface area contributed by atoms with Gasteiger partial charge >= 0.3 is 0 Å². The van der Waals surface area contributed by atoms with Crippen LogP contribution in [0, 0.1) is 0 Å². The SMILES string of the molecule is CC1(NN)CCC(F)(F)CC1. The minimum atomic E-state index is -2.46. The van der Waals surface area contributed by atoms with Crippen molar-refractivity contribution in [2.75, 3.05) is 0 Å². The molecule has 11 heavy (non-hydrogen) atoms. The molecular weight excluding hydrogens is 150 g/mol. The van der Waals surface area contributed by atoms with Gasteiger partial charge in [0.25, 0.3) is 0 Å². The van der Waals surface area contributed by atoms with Gasteiger partial charge in [-0.25, -0.2) is 8.78 Å². The van der Waals surface area contributed by atoms with Gasteiger partial charge in [-0.05, 0) is 19.8 Å². The summed E-state index contributed by atoms with van der Waals surface area (Å²) in [5.41, 5.74) is 2.31. The highest BCUT2D eigenvalue weighted by molar-refractivity contribution is 4.90. The summed E-state index contributed by atoms with van der Waals surface area (Å²) in [7, 11) is 0. The van der Waals surface area contributed by atoms with Crippen molar-refractivity contribution >= 4 is 0 Å². The van der Waals surface area contributed by atoms with E-state index in [2.05, 4.69) is 5.43 Å². The Balaban J connectivity index is 2.48. The molecule has 1 aliphatic rings. The third kappa shape index (κ3) is 2.10. The maximum atomic E-state index is 12.6. The van der Waals surface area contributed by atoms with Gasteiger partial charge < -0.3 is 0 Å². The molecular formula is C7H14F2N2. The highest BCUT2D eigenvalue weighted by atomic mass is 19.3. The lowest BCUT2D eigenvalue weighted by Gasteiger charge is -2.36.